The smallest absolute Gasteiger partial charge is 0.252 e. The van der Waals surface area contributed by atoms with Crippen molar-refractivity contribution >= 4 is 5.91 Å². The van der Waals surface area contributed by atoms with E-state index in [2.05, 4.69) is 4.98 Å². The van der Waals surface area contributed by atoms with Crippen LogP contribution in [0, 0.1) is 0 Å². The maximum Gasteiger partial charge on any atom is 0.252 e. The van der Waals surface area contributed by atoms with E-state index in [9.17, 15) is 9.90 Å². The summed E-state index contributed by atoms with van der Waals surface area (Å²) in [5.41, 5.74) is 6.17. The molecule has 1 aromatic rings. The number of carbonyl (C=O) groups is 1. The second-order valence-corrected chi connectivity index (χ2v) is 3.17. The minimum absolute atomic E-state index is 0.0453. The molecule has 5 nitrogen and oxygen atoms in total. The first-order valence-electron chi connectivity index (χ1n) is 4.40. The number of amides is 1. The van der Waals surface area contributed by atoms with Crippen LogP contribution in [0.2, 0.25) is 0 Å². The third-order valence-corrected chi connectivity index (χ3v) is 1.97. The number of likely N-dealkylation sites (N-methyl/N-ethyl adjacent to an activating group) is 1. The van der Waals surface area contributed by atoms with Crippen molar-refractivity contribution in [3.05, 3.63) is 24.0 Å². The van der Waals surface area contributed by atoms with Gasteiger partial charge in [-0.15, -0.1) is 0 Å². The normalized spacial score (nSPS) is 12.5. The van der Waals surface area contributed by atoms with E-state index < -0.39 is 6.10 Å². The lowest BCUT2D eigenvalue weighted by molar-refractivity contribution is -0.138. The van der Waals surface area contributed by atoms with Crippen LogP contribution in [0.3, 0.4) is 0 Å². The third-order valence-electron chi connectivity index (χ3n) is 1.97. The first-order chi connectivity index (χ1) is 6.65. The highest BCUT2D eigenvalue weighted by atomic mass is 16.3. The van der Waals surface area contributed by atoms with E-state index in [0.29, 0.717) is 6.54 Å². The van der Waals surface area contributed by atoms with Crippen molar-refractivity contribution in [2.24, 2.45) is 5.73 Å². The molecule has 1 rings (SSSR count). The van der Waals surface area contributed by atoms with E-state index >= 15 is 0 Å². The molecule has 1 amide bonds. The van der Waals surface area contributed by atoms with E-state index in [1.54, 1.807) is 19.4 Å². The van der Waals surface area contributed by atoms with Crippen LogP contribution < -0.4 is 5.73 Å². The average Bonchev–Trinajstić information content (AvgIpc) is 2.68. The molecular weight excluding hydrogens is 182 g/mol. The summed E-state index contributed by atoms with van der Waals surface area (Å²) in [7, 11) is 1.63. The monoisotopic (exact) mass is 197 g/mol. The number of nitrogens with zero attached hydrogens (tertiary/aromatic N) is 1. The van der Waals surface area contributed by atoms with Gasteiger partial charge in [-0.25, -0.2) is 0 Å². The standard InChI is InChI=1S/C9H15N3O2/c1-12(9(14)8(13)4-10)6-7-2-3-11-5-7/h2-3,5,8,11,13H,4,6,10H2,1H3. The van der Waals surface area contributed by atoms with E-state index in [4.69, 9.17) is 5.73 Å². The summed E-state index contributed by atoms with van der Waals surface area (Å²) in [4.78, 5) is 15.7. The first kappa shape index (κ1) is 10.7. The molecule has 0 saturated carbocycles. The number of aliphatic hydroxyl groups excluding tert-OH is 1. The van der Waals surface area contributed by atoms with Crippen LogP contribution in [0.25, 0.3) is 0 Å². The molecule has 0 bridgehead atoms. The molecule has 4 N–H and O–H groups in total. The number of nitrogens with two attached hydrogens (primary N) is 1. The Bertz CT molecular complexity index is 284. The number of aromatic nitrogens is 1. The van der Waals surface area contributed by atoms with Gasteiger partial charge in [0.15, 0.2) is 0 Å². The maximum absolute atomic E-state index is 11.4. The summed E-state index contributed by atoms with van der Waals surface area (Å²) >= 11 is 0. The first-order valence-corrected chi connectivity index (χ1v) is 4.40. The van der Waals surface area contributed by atoms with Crippen LogP contribution in [0.4, 0.5) is 0 Å². The third kappa shape index (κ3) is 2.58. The van der Waals surface area contributed by atoms with Crippen LogP contribution in [-0.4, -0.2) is 40.6 Å². The molecule has 0 fully saturated rings. The molecule has 0 radical (unpaired) electrons. The fourth-order valence-electron chi connectivity index (χ4n) is 1.16. The van der Waals surface area contributed by atoms with Gasteiger partial charge in [0.25, 0.3) is 5.91 Å². The van der Waals surface area contributed by atoms with E-state index in [0.717, 1.165) is 5.56 Å². The fraction of sp³-hybridized carbons (Fsp3) is 0.444. The molecule has 0 aliphatic carbocycles. The number of carbonyl (C=O) groups excluding carboxylic acids is 1. The molecule has 1 atom stereocenters. The Balaban J connectivity index is 2.50. The summed E-state index contributed by atoms with van der Waals surface area (Å²) in [6, 6.07) is 1.87. The largest absolute Gasteiger partial charge is 0.382 e. The Morgan fingerprint density at radius 1 is 1.79 bits per heavy atom. The fourth-order valence-corrected chi connectivity index (χ4v) is 1.16. The van der Waals surface area contributed by atoms with Gasteiger partial charge < -0.3 is 20.7 Å². The lowest BCUT2D eigenvalue weighted by atomic mass is 10.2. The molecule has 0 aliphatic heterocycles. The zero-order valence-corrected chi connectivity index (χ0v) is 8.10. The van der Waals surface area contributed by atoms with E-state index in [1.165, 1.54) is 4.90 Å². The van der Waals surface area contributed by atoms with E-state index in [-0.39, 0.29) is 12.5 Å². The Hall–Kier alpha value is -1.33. The Labute approximate surface area is 82.5 Å². The summed E-state index contributed by atoms with van der Waals surface area (Å²) in [5.74, 6) is -0.353. The van der Waals surface area contributed by atoms with Crippen molar-refractivity contribution in [3.63, 3.8) is 0 Å². The number of aliphatic hydroxyl groups is 1. The molecule has 0 aromatic carbocycles. The highest BCUT2D eigenvalue weighted by Gasteiger charge is 2.17. The number of nitrogens with one attached hydrogen (secondary N) is 1. The van der Waals surface area contributed by atoms with Crippen molar-refractivity contribution in [1.82, 2.24) is 9.88 Å². The Morgan fingerprint density at radius 3 is 3.00 bits per heavy atom. The summed E-state index contributed by atoms with van der Waals surface area (Å²) < 4.78 is 0. The molecule has 0 aliphatic rings. The molecule has 1 heterocycles. The summed E-state index contributed by atoms with van der Waals surface area (Å²) in [6.07, 6.45) is 2.49. The molecule has 14 heavy (non-hydrogen) atoms. The van der Waals surface area contributed by atoms with Gasteiger partial charge in [0.2, 0.25) is 0 Å². The van der Waals surface area contributed by atoms with Gasteiger partial charge in [-0.3, -0.25) is 4.79 Å². The van der Waals surface area contributed by atoms with Gasteiger partial charge in [-0.1, -0.05) is 0 Å². The SMILES string of the molecule is CN(Cc1cc[nH]c1)C(=O)C(O)CN. The van der Waals surface area contributed by atoms with Crippen molar-refractivity contribution in [2.75, 3.05) is 13.6 Å². The molecule has 1 unspecified atom stereocenters. The van der Waals surface area contributed by atoms with Crippen LogP contribution in [0.15, 0.2) is 18.5 Å². The van der Waals surface area contributed by atoms with Gasteiger partial charge in [-0.05, 0) is 11.6 Å². The number of hydrogen-bond acceptors (Lipinski definition) is 3. The Kier molecular flexibility index (Phi) is 3.67. The van der Waals surface area contributed by atoms with Gasteiger partial charge in [-0.2, -0.15) is 0 Å². The minimum atomic E-state index is -1.10. The second-order valence-electron chi connectivity index (χ2n) is 3.17. The summed E-state index contributed by atoms with van der Waals surface area (Å²) in [5, 5.41) is 9.20. The van der Waals surface area contributed by atoms with Gasteiger partial charge in [0.05, 0.1) is 0 Å². The maximum atomic E-state index is 11.4. The number of aromatic amines is 1. The van der Waals surface area contributed by atoms with E-state index in [1.807, 2.05) is 6.07 Å². The van der Waals surface area contributed by atoms with Crippen LogP contribution in [-0.2, 0) is 11.3 Å². The topological polar surface area (TPSA) is 82.3 Å². The summed E-state index contributed by atoms with van der Waals surface area (Å²) in [6.45, 7) is 0.426. The van der Waals surface area contributed by atoms with Crippen LogP contribution in [0.1, 0.15) is 5.56 Å². The van der Waals surface area contributed by atoms with Crippen molar-refractivity contribution in [3.8, 4) is 0 Å². The average molecular weight is 197 g/mol. The Morgan fingerprint density at radius 2 is 2.50 bits per heavy atom. The van der Waals surface area contributed by atoms with Crippen molar-refractivity contribution in [2.45, 2.75) is 12.6 Å². The lowest BCUT2D eigenvalue weighted by Gasteiger charge is -2.19. The van der Waals surface area contributed by atoms with Gasteiger partial charge in [0, 0.05) is 32.5 Å². The predicted molar refractivity (Wildman–Crippen MR) is 52.3 cm³/mol. The van der Waals surface area contributed by atoms with Crippen LogP contribution >= 0.6 is 0 Å². The lowest BCUT2D eigenvalue weighted by Crippen LogP contribution is -2.40. The molecule has 5 heteroatoms. The highest BCUT2D eigenvalue weighted by Crippen LogP contribution is 2.02. The minimum Gasteiger partial charge on any atom is -0.382 e. The molecule has 0 spiro atoms. The highest BCUT2D eigenvalue weighted by molar-refractivity contribution is 5.80. The van der Waals surface area contributed by atoms with Crippen LogP contribution in [0.5, 0.6) is 0 Å². The van der Waals surface area contributed by atoms with Gasteiger partial charge >= 0.3 is 0 Å². The zero-order chi connectivity index (χ0) is 10.6. The predicted octanol–water partition coefficient (Wildman–Crippen LogP) is -0.707. The number of hydrogen-bond donors (Lipinski definition) is 3. The van der Waals surface area contributed by atoms with Gasteiger partial charge in [0.1, 0.15) is 6.10 Å². The van der Waals surface area contributed by atoms with Crippen molar-refractivity contribution < 1.29 is 9.90 Å². The molecule has 1 aromatic heterocycles. The second kappa shape index (κ2) is 4.78. The molecular formula is C9H15N3O2. The van der Waals surface area contributed by atoms with Crippen molar-refractivity contribution in [1.29, 1.82) is 0 Å². The molecule has 78 valence electrons. The molecule has 0 saturated heterocycles. The quantitative estimate of drug-likeness (QED) is 0.596. The number of rotatable bonds is 4. The zero-order valence-electron chi connectivity index (χ0n) is 8.10. The number of H-pyrrole nitrogens is 1.